The van der Waals surface area contributed by atoms with Crippen molar-refractivity contribution in [2.24, 2.45) is 5.73 Å². The second kappa shape index (κ2) is 7.48. The van der Waals surface area contributed by atoms with Crippen molar-refractivity contribution in [2.75, 3.05) is 6.54 Å². The lowest BCUT2D eigenvalue weighted by molar-refractivity contribution is 0.0931. The van der Waals surface area contributed by atoms with E-state index in [1.54, 1.807) is 12.1 Å². The van der Waals surface area contributed by atoms with Gasteiger partial charge in [-0.1, -0.05) is 25.8 Å². The number of benzene rings is 1. The van der Waals surface area contributed by atoms with Gasteiger partial charge in [-0.15, -0.1) is 0 Å². The molecule has 0 saturated carbocycles. The van der Waals surface area contributed by atoms with Crippen LogP contribution in [-0.4, -0.2) is 18.5 Å². The Morgan fingerprint density at radius 3 is 2.89 bits per heavy atom. The van der Waals surface area contributed by atoms with Gasteiger partial charge in [0.25, 0.3) is 5.91 Å². The summed E-state index contributed by atoms with van der Waals surface area (Å²) in [5.41, 5.74) is 5.63. The first-order valence-corrected chi connectivity index (χ1v) is 6.84. The number of carbonyl (C=O) groups excluding carboxylic acids is 1. The number of halogens is 2. The molecule has 1 rings (SSSR count). The van der Waals surface area contributed by atoms with Crippen LogP contribution < -0.4 is 11.1 Å². The molecule has 1 aromatic rings. The first-order valence-electron chi connectivity index (χ1n) is 6.05. The minimum atomic E-state index is -0.540. The van der Waals surface area contributed by atoms with E-state index in [0.29, 0.717) is 6.54 Å². The monoisotopic (exact) mass is 316 g/mol. The van der Waals surface area contributed by atoms with Gasteiger partial charge in [-0.3, -0.25) is 4.79 Å². The highest BCUT2D eigenvalue weighted by molar-refractivity contribution is 9.10. The van der Waals surface area contributed by atoms with Gasteiger partial charge in [0.1, 0.15) is 5.82 Å². The maximum absolute atomic E-state index is 13.7. The van der Waals surface area contributed by atoms with Crippen LogP contribution in [0, 0.1) is 5.82 Å². The molecule has 18 heavy (non-hydrogen) atoms. The zero-order valence-corrected chi connectivity index (χ0v) is 12.0. The van der Waals surface area contributed by atoms with Crippen molar-refractivity contribution < 1.29 is 9.18 Å². The van der Waals surface area contributed by atoms with Crippen LogP contribution in [0.5, 0.6) is 0 Å². The highest BCUT2D eigenvalue weighted by Crippen LogP contribution is 2.18. The lowest BCUT2D eigenvalue weighted by atomic mass is 10.1. The van der Waals surface area contributed by atoms with Gasteiger partial charge in [0.15, 0.2) is 0 Å². The van der Waals surface area contributed by atoms with Gasteiger partial charge in [-0.25, -0.2) is 4.39 Å². The first kappa shape index (κ1) is 15.1. The number of nitrogens with two attached hydrogens (primary N) is 1. The summed E-state index contributed by atoms with van der Waals surface area (Å²) in [6, 6.07) is 4.55. The third kappa shape index (κ3) is 4.07. The topological polar surface area (TPSA) is 55.1 Å². The molecule has 0 spiro atoms. The van der Waals surface area contributed by atoms with Crippen LogP contribution in [0.15, 0.2) is 22.7 Å². The summed E-state index contributed by atoms with van der Waals surface area (Å²) < 4.78 is 14.0. The molecule has 3 N–H and O–H groups in total. The molecule has 0 bridgehead atoms. The standard InChI is InChI=1S/C13H18BrFN2O/c1-2-3-5-9(8-16)17-13(18)10-6-4-7-11(14)12(10)15/h4,6-7,9H,2-3,5,8,16H2,1H3,(H,17,18). The number of rotatable bonds is 6. The van der Waals surface area contributed by atoms with E-state index in [9.17, 15) is 9.18 Å². The maximum atomic E-state index is 13.7. The zero-order chi connectivity index (χ0) is 13.5. The summed E-state index contributed by atoms with van der Waals surface area (Å²) in [4.78, 5) is 11.9. The summed E-state index contributed by atoms with van der Waals surface area (Å²) in [6.07, 6.45) is 2.84. The molecule has 0 aromatic heterocycles. The van der Waals surface area contributed by atoms with Gasteiger partial charge in [0.05, 0.1) is 10.0 Å². The Kier molecular flexibility index (Phi) is 6.29. The average molecular weight is 317 g/mol. The number of nitrogens with one attached hydrogen (secondary N) is 1. The van der Waals surface area contributed by atoms with Gasteiger partial charge in [-0.2, -0.15) is 0 Å². The molecule has 1 unspecified atom stereocenters. The van der Waals surface area contributed by atoms with Crippen molar-refractivity contribution in [1.82, 2.24) is 5.32 Å². The van der Waals surface area contributed by atoms with Crippen molar-refractivity contribution in [2.45, 2.75) is 32.2 Å². The zero-order valence-electron chi connectivity index (χ0n) is 10.4. The molecule has 3 nitrogen and oxygen atoms in total. The van der Waals surface area contributed by atoms with Crippen molar-refractivity contribution in [3.63, 3.8) is 0 Å². The lowest BCUT2D eigenvalue weighted by Gasteiger charge is -2.16. The fourth-order valence-corrected chi connectivity index (χ4v) is 2.01. The van der Waals surface area contributed by atoms with E-state index in [0.717, 1.165) is 19.3 Å². The van der Waals surface area contributed by atoms with E-state index < -0.39 is 11.7 Å². The largest absolute Gasteiger partial charge is 0.348 e. The molecule has 0 aliphatic rings. The highest BCUT2D eigenvalue weighted by atomic mass is 79.9. The molecule has 0 radical (unpaired) electrons. The highest BCUT2D eigenvalue weighted by Gasteiger charge is 2.16. The fourth-order valence-electron chi connectivity index (χ4n) is 1.64. The SMILES string of the molecule is CCCCC(CN)NC(=O)c1cccc(Br)c1F. The lowest BCUT2D eigenvalue weighted by Crippen LogP contribution is -2.40. The Hall–Kier alpha value is -0.940. The third-order valence-corrected chi connectivity index (χ3v) is 3.33. The Balaban J connectivity index is 2.72. The van der Waals surface area contributed by atoms with Gasteiger partial charge in [0, 0.05) is 12.6 Å². The summed E-state index contributed by atoms with van der Waals surface area (Å²) >= 11 is 3.06. The predicted molar refractivity (Wildman–Crippen MR) is 73.9 cm³/mol. The number of unbranched alkanes of at least 4 members (excludes halogenated alkanes) is 1. The van der Waals surface area contributed by atoms with Crippen molar-refractivity contribution >= 4 is 21.8 Å². The normalized spacial score (nSPS) is 12.2. The van der Waals surface area contributed by atoms with E-state index in [4.69, 9.17) is 5.73 Å². The smallest absolute Gasteiger partial charge is 0.254 e. The molecule has 0 heterocycles. The van der Waals surface area contributed by atoms with Crippen LogP contribution in [0.25, 0.3) is 0 Å². The van der Waals surface area contributed by atoms with E-state index in [1.807, 2.05) is 0 Å². The van der Waals surface area contributed by atoms with Crippen molar-refractivity contribution in [3.05, 3.63) is 34.1 Å². The number of carbonyl (C=O) groups is 1. The minimum Gasteiger partial charge on any atom is -0.348 e. The van der Waals surface area contributed by atoms with E-state index >= 15 is 0 Å². The molecular formula is C13H18BrFN2O. The van der Waals surface area contributed by atoms with Crippen LogP contribution >= 0.6 is 15.9 Å². The average Bonchev–Trinajstić information content (AvgIpc) is 2.37. The number of hydrogen-bond acceptors (Lipinski definition) is 2. The third-order valence-electron chi connectivity index (χ3n) is 2.72. The number of hydrogen-bond donors (Lipinski definition) is 2. The van der Waals surface area contributed by atoms with Gasteiger partial charge >= 0.3 is 0 Å². The molecule has 1 aromatic carbocycles. The quantitative estimate of drug-likeness (QED) is 0.848. The van der Waals surface area contributed by atoms with Crippen LogP contribution in [0.3, 0.4) is 0 Å². The van der Waals surface area contributed by atoms with Crippen LogP contribution in [-0.2, 0) is 0 Å². The molecule has 100 valence electrons. The number of amides is 1. The van der Waals surface area contributed by atoms with Crippen molar-refractivity contribution in [3.8, 4) is 0 Å². The summed E-state index contributed by atoms with van der Waals surface area (Å²) in [5.74, 6) is -0.957. The second-order valence-corrected chi connectivity index (χ2v) is 5.00. The summed E-state index contributed by atoms with van der Waals surface area (Å²) in [6.45, 7) is 2.44. The Morgan fingerprint density at radius 2 is 2.28 bits per heavy atom. The van der Waals surface area contributed by atoms with Gasteiger partial charge in [0.2, 0.25) is 0 Å². The molecule has 1 amide bonds. The van der Waals surface area contributed by atoms with Crippen LogP contribution in [0.4, 0.5) is 4.39 Å². The molecule has 1 atom stereocenters. The van der Waals surface area contributed by atoms with Crippen LogP contribution in [0.1, 0.15) is 36.5 Å². The Bertz CT molecular complexity index is 412. The molecule has 0 saturated heterocycles. The van der Waals surface area contributed by atoms with E-state index in [-0.39, 0.29) is 16.1 Å². The fraction of sp³-hybridized carbons (Fsp3) is 0.462. The van der Waals surface area contributed by atoms with E-state index in [1.165, 1.54) is 6.07 Å². The van der Waals surface area contributed by atoms with Gasteiger partial charge in [-0.05, 0) is 34.5 Å². The summed E-state index contributed by atoms with van der Waals surface area (Å²) in [5, 5.41) is 2.76. The summed E-state index contributed by atoms with van der Waals surface area (Å²) in [7, 11) is 0. The molecular weight excluding hydrogens is 299 g/mol. The molecule has 5 heteroatoms. The van der Waals surface area contributed by atoms with Gasteiger partial charge < -0.3 is 11.1 Å². The molecule has 0 aliphatic heterocycles. The molecule has 0 fully saturated rings. The minimum absolute atomic E-state index is 0.0410. The first-order chi connectivity index (χ1) is 8.60. The predicted octanol–water partition coefficient (Wildman–Crippen LogP) is 2.84. The Labute approximate surface area is 115 Å². The molecule has 0 aliphatic carbocycles. The maximum Gasteiger partial charge on any atom is 0.254 e. The Morgan fingerprint density at radius 1 is 1.56 bits per heavy atom. The van der Waals surface area contributed by atoms with E-state index in [2.05, 4.69) is 28.2 Å². The second-order valence-electron chi connectivity index (χ2n) is 4.15. The van der Waals surface area contributed by atoms with Crippen molar-refractivity contribution in [1.29, 1.82) is 0 Å². The van der Waals surface area contributed by atoms with Crippen LogP contribution in [0.2, 0.25) is 0 Å².